The fraction of sp³-hybridized carbons (Fsp3) is 0.273. The van der Waals surface area contributed by atoms with Crippen LogP contribution in [0, 0.1) is 0 Å². The minimum atomic E-state index is -1.14. The number of amides is 1. The predicted octanol–water partition coefficient (Wildman–Crippen LogP) is 1.19. The molecule has 92 valence electrons. The quantitative estimate of drug-likeness (QED) is 0.728. The summed E-state index contributed by atoms with van der Waals surface area (Å²) in [6.45, 7) is 3.41. The van der Waals surface area contributed by atoms with Crippen LogP contribution in [0.2, 0.25) is 0 Å². The first-order valence-electron chi connectivity index (χ1n) is 4.91. The van der Waals surface area contributed by atoms with Gasteiger partial charge in [0.1, 0.15) is 12.6 Å². The van der Waals surface area contributed by atoms with Crippen molar-refractivity contribution >= 4 is 12.1 Å². The summed E-state index contributed by atoms with van der Waals surface area (Å²) in [5.41, 5.74) is 0.682. The average molecular weight is 239 g/mol. The number of carboxylic acid groups (broad SMARTS) is 1. The van der Waals surface area contributed by atoms with Crippen LogP contribution in [0.5, 0.6) is 0 Å². The summed E-state index contributed by atoms with van der Waals surface area (Å²) in [5.74, 6) is -1.14. The maximum Gasteiger partial charge on any atom is 0.408 e. The maximum absolute atomic E-state index is 11.2. The fourth-order valence-corrected chi connectivity index (χ4v) is 1.16. The highest BCUT2D eigenvalue weighted by molar-refractivity contribution is 5.80. The molecule has 6 nitrogen and oxygen atoms in total. The second-order valence-corrected chi connectivity index (χ2v) is 3.26. The number of rotatable bonds is 6. The van der Waals surface area contributed by atoms with E-state index in [2.05, 4.69) is 16.6 Å². The Hall–Kier alpha value is -2.24. The molecule has 0 saturated carbocycles. The highest BCUT2D eigenvalue weighted by Crippen LogP contribution is 2.04. The van der Waals surface area contributed by atoms with Gasteiger partial charge in [-0.05, 0) is 11.6 Å². The normalized spacial score (nSPS) is 11.5. The number of furan rings is 1. The van der Waals surface area contributed by atoms with Crippen molar-refractivity contribution in [3.8, 4) is 0 Å². The summed E-state index contributed by atoms with van der Waals surface area (Å²) in [4.78, 5) is 22.1. The van der Waals surface area contributed by atoms with Gasteiger partial charge >= 0.3 is 12.1 Å². The molecule has 1 amide bonds. The Kier molecular flexibility index (Phi) is 4.80. The molecule has 17 heavy (non-hydrogen) atoms. The number of carbonyl (C=O) groups is 2. The van der Waals surface area contributed by atoms with Crippen molar-refractivity contribution in [1.29, 1.82) is 0 Å². The zero-order valence-corrected chi connectivity index (χ0v) is 9.09. The van der Waals surface area contributed by atoms with Crippen LogP contribution in [0.25, 0.3) is 0 Å². The second kappa shape index (κ2) is 6.37. The van der Waals surface area contributed by atoms with Crippen molar-refractivity contribution in [2.45, 2.75) is 12.5 Å². The Morgan fingerprint density at radius 2 is 2.41 bits per heavy atom. The third-order valence-corrected chi connectivity index (χ3v) is 1.94. The van der Waals surface area contributed by atoms with Crippen LogP contribution in [0.15, 0.2) is 35.7 Å². The Morgan fingerprint density at radius 3 is 2.94 bits per heavy atom. The molecule has 1 rings (SSSR count). The zero-order valence-electron chi connectivity index (χ0n) is 9.09. The number of aliphatic carboxylic acids is 1. The smallest absolute Gasteiger partial charge is 0.408 e. The lowest BCUT2D eigenvalue weighted by atomic mass is 10.1. The Balaban J connectivity index is 2.51. The number of carbonyl (C=O) groups excluding carboxylic acids is 1. The SMILES string of the molecule is C=CCOC(=O)N[C@@H](Cc1ccoc1)C(=O)O. The first kappa shape index (κ1) is 12.8. The van der Waals surface area contributed by atoms with Crippen LogP contribution >= 0.6 is 0 Å². The number of hydrogen-bond acceptors (Lipinski definition) is 4. The lowest BCUT2D eigenvalue weighted by molar-refractivity contribution is -0.139. The first-order chi connectivity index (χ1) is 8.13. The lowest BCUT2D eigenvalue weighted by Gasteiger charge is -2.12. The van der Waals surface area contributed by atoms with Crippen molar-refractivity contribution in [3.05, 3.63) is 36.8 Å². The van der Waals surface area contributed by atoms with Crippen molar-refractivity contribution in [2.24, 2.45) is 0 Å². The first-order valence-corrected chi connectivity index (χ1v) is 4.91. The van der Waals surface area contributed by atoms with E-state index in [1.165, 1.54) is 18.6 Å². The lowest BCUT2D eigenvalue weighted by Crippen LogP contribution is -2.42. The van der Waals surface area contributed by atoms with Crippen molar-refractivity contribution < 1.29 is 23.8 Å². The Morgan fingerprint density at radius 1 is 1.65 bits per heavy atom. The second-order valence-electron chi connectivity index (χ2n) is 3.26. The molecule has 1 aromatic rings. The molecule has 6 heteroatoms. The van der Waals surface area contributed by atoms with Gasteiger partial charge in [0.2, 0.25) is 0 Å². The van der Waals surface area contributed by atoms with Crippen LogP contribution in [0.1, 0.15) is 5.56 Å². The van der Waals surface area contributed by atoms with Crippen molar-refractivity contribution in [1.82, 2.24) is 5.32 Å². The Labute approximate surface area is 97.9 Å². The van der Waals surface area contributed by atoms with Gasteiger partial charge in [0.25, 0.3) is 0 Å². The number of carboxylic acids is 1. The maximum atomic E-state index is 11.2. The molecule has 0 saturated heterocycles. The molecule has 0 fully saturated rings. The predicted molar refractivity (Wildman–Crippen MR) is 58.5 cm³/mol. The number of ether oxygens (including phenoxy) is 1. The molecule has 0 aliphatic rings. The van der Waals surface area contributed by atoms with E-state index in [0.717, 1.165) is 0 Å². The summed E-state index contributed by atoms with van der Waals surface area (Å²) < 4.78 is 9.45. The van der Waals surface area contributed by atoms with Crippen LogP contribution in [-0.2, 0) is 16.0 Å². The fourth-order valence-electron chi connectivity index (χ4n) is 1.16. The number of hydrogen-bond donors (Lipinski definition) is 2. The van der Waals surface area contributed by atoms with E-state index in [-0.39, 0.29) is 13.0 Å². The molecule has 0 spiro atoms. The van der Waals surface area contributed by atoms with E-state index in [1.807, 2.05) is 0 Å². The standard InChI is InChI=1S/C11H13NO5/c1-2-4-17-11(15)12-9(10(13)14)6-8-3-5-16-7-8/h2-3,5,7,9H,1,4,6H2,(H,12,15)(H,13,14)/t9-/m0/s1. The molecular weight excluding hydrogens is 226 g/mol. The Bertz CT molecular complexity index is 385. The molecule has 0 aliphatic heterocycles. The minimum Gasteiger partial charge on any atom is -0.480 e. The third-order valence-electron chi connectivity index (χ3n) is 1.94. The van der Waals surface area contributed by atoms with E-state index in [9.17, 15) is 9.59 Å². The topological polar surface area (TPSA) is 88.8 Å². The molecule has 2 N–H and O–H groups in total. The van der Waals surface area contributed by atoms with Gasteiger partial charge in [-0.3, -0.25) is 0 Å². The van der Waals surface area contributed by atoms with E-state index in [0.29, 0.717) is 5.56 Å². The third kappa shape index (κ3) is 4.42. The molecule has 0 bridgehead atoms. The molecular formula is C11H13NO5. The van der Waals surface area contributed by atoms with Crippen molar-refractivity contribution in [3.63, 3.8) is 0 Å². The van der Waals surface area contributed by atoms with Crippen LogP contribution in [0.4, 0.5) is 4.79 Å². The van der Waals surface area contributed by atoms with Crippen LogP contribution in [0.3, 0.4) is 0 Å². The van der Waals surface area contributed by atoms with Gasteiger partial charge in [-0.15, -0.1) is 0 Å². The molecule has 1 aromatic heterocycles. The van der Waals surface area contributed by atoms with E-state index in [1.54, 1.807) is 6.07 Å². The van der Waals surface area contributed by atoms with Gasteiger partial charge in [-0.25, -0.2) is 9.59 Å². The van der Waals surface area contributed by atoms with Crippen LogP contribution < -0.4 is 5.32 Å². The zero-order chi connectivity index (χ0) is 12.7. The van der Waals surface area contributed by atoms with Gasteiger partial charge < -0.3 is 19.6 Å². The monoisotopic (exact) mass is 239 g/mol. The van der Waals surface area contributed by atoms with Gasteiger partial charge in [0, 0.05) is 6.42 Å². The van der Waals surface area contributed by atoms with Gasteiger partial charge in [-0.1, -0.05) is 12.7 Å². The molecule has 0 aliphatic carbocycles. The summed E-state index contributed by atoms with van der Waals surface area (Å²) in [6, 6.07) is 0.581. The van der Waals surface area contributed by atoms with Gasteiger partial charge in [0.15, 0.2) is 0 Å². The summed E-state index contributed by atoms with van der Waals surface area (Å²) >= 11 is 0. The minimum absolute atomic E-state index is 0.0316. The molecule has 1 heterocycles. The molecule has 0 unspecified atom stereocenters. The van der Waals surface area contributed by atoms with Crippen LogP contribution in [-0.4, -0.2) is 29.8 Å². The highest BCUT2D eigenvalue weighted by Gasteiger charge is 2.21. The number of nitrogens with one attached hydrogen (secondary N) is 1. The average Bonchev–Trinajstić information content (AvgIpc) is 2.78. The molecule has 0 radical (unpaired) electrons. The van der Waals surface area contributed by atoms with E-state index in [4.69, 9.17) is 9.52 Å². The highest BCUT2D eigenvalue weighted by atomic mass is 16.5. The summed E-state index contributed by atoms with van der Waals surface area (Å²) in [5, 5.41) is 11.2. The largest absolute Gasteiger partial charge is 0.480 e. The van der Waals surface area contributed by atoms with Gasteiger partial charge in [0.05, 0.1) is 12.5 Å². The van der Waals surface area contributed by atoms with E-state index >= 15 is 0 Å². The summed E-state index contributed by atoms with van der Waals surface area (Å²) in [7, 11) is 0. The number of alkyl carbamates (subject to hydrolysis) is 1. The van der Waals surface area contributed by atoms with Crippen molar-refractivity contribution in [2.75, 3.05) is 6.61 Å². The molecule has 0 aromatic carbocycles. The summed E-state index contributed by atoms with van der Waals surface area (Å²) in [6.07, 6.45) is 3.60. The van der Waals surface area contributed by atoms with E-state index < -0.39 is 18.1 Å². The van der Waals surface area contributed by atoms with Gasteiger partial charge in [-0.2, -0.15) is 0 Å². The molecule has 1 atom stereocenters.